The smallest absolute Gasteiger partial charge is 0.410 e. The van der Waals surface area contributed by atoms with Crippen molar-refractivity contribution < 1.29 is 9.53 Å². The molecule has 1 amide bonds. The van der Waals surface area contributed by atoms with Gasteiger partial charge in [0, 0.05) is 12.1 Å². The molecular weight excluding hydrogens is 240 g/mol. The minimum Gasteiger partial charge on any atom is -0.444 e. The molecule has 0 spiro atoms. The molecular formula is C11H16N2O3S. The molecule has 1 aromatic rings. The van der Waals surface area contributed by atoms with Crippen molar-refractivity contribution in [3.63, 3.8) is 0 Å². The van der Waals surface area contributed by atoms with Crippen molar-refractivity contribution in [2.45, 2.75) is 39.3 Å². The molecule has 0 aliphatic carbocycles. The number of fused-ring (bicyclic) bond motifs is 1. The predicted molar refractivity (Wildman–Crippen MR) is 65.3 cm³/mol. The molecule has 2 rings (SSSR count). The number of rotatable bonds is 0. The van der Waals surface area contributed by atoms with Gasteiger partial charge in [0.2, 0.25) is 0 Å². The van der Waals surface area contributed by atoms with E-state index >= 15 is 0 Å². The van der Waals surface area contributed by atoms with Gasteiger partial charge in [0.1, 0.15) is 5.60 Å². The first-order valence-electron chi connectivity index (χ1n) is 5.54. The van der Waals surface area contributed by atoms with Crippen LogP contribution in [0, 0.1) is 0 Å². The van der Waals surface area contributed by atoms with Gasteiger partial charge in [0.25, 0.3) is 5.56 Å². The maximum Gasteiger partial charge on any atom is 0.410 e. The zero-order valence-electron chi connectivity index (χ0n) is 10.2. The Morgan fingerprint density at radius 1 is 1.47 bits per heavy atom. The third-order valence-corrected chi connectivity index (χ3v) is 3.40. The zero-order valence-corrected chi connectivity index (χ0v) is 11.0. The number of aromatic amines is 1. The average molecular weight is 256 g/mol. The highest BCUT2D eigenvalue weighted by Crippen LogP contribution is 2.20. The molecule has 0 saturated heterocycles. The highest BCUT2D eigenvalue weighted by molar-refractivity contribution is 7.05. The van der Waals surface area contributed by atoms with Crippen molar-refractivity contribution in [1.82, 2.24) is 9.27 Å². The van der Waals surface area contributed by atoms with Crippen LogP contribution in [0.3, 0.4) is 0 Å². The Balaban J connectivity index is 2.08. The molecule has 0 aromatic carbocycles. The summed E-state index contributed by atoms with van der Waals surface area (Å²) in [4.78, 5) is 25.8. The maximum absolute atomic E-state index is 11.9. The van der Waals surface area contributed by atoms with Crippen LogP contribution in [-0.4, -0.2) is 27.5 Å². The number of hydrogen-bond donors (Lipinski definition) is 1. The highest BCUT2D eigenvalue weighted by atomic mass is 32.1. The number of H-pyrrole nitrogens is 1. The molecule has 94 valence electrons. The van der Waals surface area contributed by atoms with E-state index in [9.17, 15) is 9.59 Å². The van der Waals surface area contributed by atoms with Gasteiger partial charge in [0.05, 0.1) is 11.4 Å². The van der Waals surface area contributed by atoms with Gasteiger partial charge in [-0.05, 0) is 27.2 Å². The van der Waals surface area contributed by atoms with Crippen LogP contribution in [0.2, 0.25) is 0 Å². The lowest BCUT2D eigenvalue weighted by molar-refractivity contribution is 0.0226. The summed E-state index contributed by atoms with van der Waals surface area (Å²) in [6.45, 7) is 6.54. The SMILES string of the molecule is CC(C)(C)OC(=O)N1CCc2c(s[nH]c2=O)C1. The normalized spacial score (nSPS) is 15.6. The second kappa shape index (κ2) is 4.18. The number of ether oxygens (including phenoxy) is 1. The number of hydrogen-bond acceptors (Lipinski definition) is 4. The van der Waals surface area contributed by atoms with Gasteiger partial charge in [-0.2, -0.15) is 0 Å². The first-order valence-corrected chi connectivity index (χ1v) is 6.35. The lowest BCUT2D eigenvalue weighted by atomic mass is 10.1. The predicted octanol–water partition coefficient (Wildman–Crippen LogP) is 1.73. The number of amides is 1. The molecule has 2 heterocycles. The first kappa shape index (κ1) is 12.2. The Bertz CT molecular complexity index is 484. The van der Waals surface area contributed by atoms with E-state index in [-0.39, 0.29) is 11.7 Å². The second-order valence-corrected chi connectivity index (χ2v) is 5.99. The summed E-state index contributed by atoms with van der Waals surface area (Å²) in [5, 5.41) is 0. The molecule has 0 bridgehead atoms. The Labute approximate surface area is 104 Å². The number of carbonyl (C=O) groups is 1. The molecule has 0 radical (unpaired) electrons. The number of nitrogens with one attached hydrogen (secondary N) is 1. The summed E-state index contributed by atoms with van der Waals surface area (Å²) < 4.78 is 8.00. The first-order chi connectivity index (χ1) is 7.87. The lowest BCUT2D eigenvalue weighted by Gasteiger charge is -2.29. The van der Waals surface area contributed by atoms with Gasteiger partial charge in [0.15, 0.2) is 0 Å². The fraction of sp³-hybridized carbons (Fsp3) is 0.636. The van der Waals surface area contributed by atoms with Crippen LogP contribution in [0.25, 0.3) is 0 Å². The van der Waals surface area contributed by atoms with Gasteiger partial charge < -0.3 is 9.64 Å². The van der Waals surface area contributed by atoms with Crippen LogP contribution in [-0.2, 0) is 17.7 Å². The number of nitrogens with zero attached hydrogens (tertiary/aromatic N) is 1. The second-order valence-electron chi connectivity index (χ2n) is 5.09. The average Bonchev–Trinajstić information content (AvgIpc) is 2.57. The summed E-state index contributed by atoms with van der Waals surface area (Å²) in [5.41, 5.74) is 0.312. The number of carbonyl (C=O) groups excluding carboxylic acids is 1. The molecule has 1 aromatic heterocycles. The fourth-order valence-corrected chi connectivity index (χ4v) is 2.60. The molecule has 0 saturated carbocycles. The van der Waals surface area contributed by atoms with Gasteiger partial charge in [-0.15, -0.1) is 0 Å². The summed E-state index contributed by atoms with van der Waals surface area (Å²) in [5.74, 6) is 0. The molecule has 1 aliphatic heterocycles. The zero-order chi connectivity index (χ0) is 12.6. The van der Waals surface area contributed by atoms with Crippen molar-refractivity contribution in [2.75, 3.05) is 6.54 Å². The van der Waals surface area contributed by atoms with E-state index in [1.807, 2.05) is 20.8 Å². The monoisotopic (exact) mass is 256 g/mol. The van der Waals surface area contributed by atoms with Crippen molar-refractivity contribution in [2.24, 2.45) is 0 Å². The molecule has 1 aliphatic rings. The van der Waals surface area contributed by atoms with Crippen LogP contribution in [0.4, 0.5) is 4.79 Å². The van der Waals surface area contributed by atoms with Crippen LogP contribution < -0.4 is 5.56 Å². The van der Waals surface area contributed by atoms with E-state index in [0.717, 1.165) is 10.4 Å². The van der Waals surface area contributed by atoms with Gasteiger partial charge in [-0.3, -0.25) is 9.17 Å². The quantitative estimate of drug-likeness (QED) is 0.769. The summed E-state index contributed by atoms with van der Waals surface area (Å²) in [6, 6.07) is 0. The fourth-order valence-electron chi connectivity index (χ4n) is 1.72. The minimum absolute atomic E-state index is 0.0196. The Hall–Kier alpha value is -1.30. The van der Waals surface area contributed by atoms with E-state index in [4.69, 9.17) is 4.74 Å². The van der Waals surface area contributed by atoms with Crippen molar-refractivity contribution in [3.8, 4) is 0 Å². The summed E-state index contributed by atoms with van der Waals surface area (Å²) in [7, 11) is 0. The van der Waals surface area contributed by atoms with E-state index in [1.54, 1.807) is 4.90 Å². The van der Waals surface area contributed by atoms with Crippen LogP contribution in [0.1, 0.15) is 31.2 Å². The third kappa shape index (κ3) is 2.69. The van der Waals surface area contributed by atoms with Gasteiger partial charge >= 0.3 is 6.09 Å². The maximum atomic E-state index is 11.9. The van der Waals surface area contributed by atoms with Crippen molar-refractivity contribution in [1.29, 1.82) is 0 Å². The minimum atomic E-state index is -0.484. The molecule has 0 atom stereocenters. The van der Waals surface area contributed by atoms with Crippen LogP contribution in [0.15, 0.2) is 4.79 Å². The van der Waals surface area contributed by atoms with Crippen LogP contribution in [0.5, 0.6) is 0 Å². The van der Waals surface area contributed by atoms with Crippen LogP contribution >= 0.6 is 11.5 Å². The third-order valence-electron chi connectivity index (χ3n) is 2.50. The Morgan fingerprint density at radius 3 is 2.82 bits per heavy atom. The van der Waals surface area contributed by atoms with Crippen molar-refractivity contribution in [3.05, 3.63) is 20.8 Å². The lowest BCUT2D eigenvalue weighted by Crippen LogP contribution is -2.40. The standard InChI is InChI=1S/C11H16N2O3S/c1-11(2,3)16-10(15)13-5-4-7-8(6-13)17-12-9(7)14/h4-6H2,1-3H3,(H,12,14). The topological polar surface area (TPSA) is 62.4 Å². The Morgan fingerprint density at radius 2 is 2.18 bits per heavy atom. The highest BCUT2D eigenvalue weighted by Gasteiger charge is 2.27. The molecule has 17 heavy (non-hydrogen) atoms. The van der Waals surface area contributed by atoms with Crippen molar-refractivity contribution >= 4 is 17.6 Å². The molecule has 6 heteroatoms. The largest absolute Gasteiger partial charge is 0.444 e. The number of aromatic nitrogens is 1. The van der Waals surface area contributed by atoms with E-state index in [0.29, 0.717) is 19.5 Å². The molecule has 0 unspecified atom stereocenters. The summed E-state index contributed by atoms with van der Waals surface area (Å²) in [6.07, 6.45) is 0.289. The van der Waals surface area contributed by atoms with E-state index < -0.39 is 5.60 Å². The van der Waals surface area contributed by atoms with Gasteiger partial charge in [-0.1, -0.05) is 11.5 Å². The van der Waals surface area contributed by atoms with E-state index in [2.05, 4.69) is 4.37 Å². The molecule has 0 fully saturated rings. The molecule has 5 nitrogen and oxygen atoms in total. The van der Waals surface area contributed by atoms with Gasteiger partial charge in [-0.25, -0.2) is 4.79 Å². The van der Waals surface area contributed by atoms with E-state index in [1.165, 1.54) is 11.5 Å². The Kier molecular flexibility index (Phi) is 2.99. The summed E-state index contributed by atoms with van der Waals surface area (Å²) >= 11 is 1.30. The molecule has 1 N–H and O–H groups in total.